The summed E-state index contributed by atoms with van der Waals surface area (Å²) in [5, 5.41) is 3.43. The lowest BCUT2D eigenvalue weighted by Crippen LogP contribution is -2.17. The monoisotopic (exact) mass is 206 g/mol. The third-order valence-corrected chi connectivity index (χ3v) is 2.65. The molecule has 3 heteroatoms. The topological polar surface area (TPSA) is 34.1 Å². The van der Waals surface area contributed by atoms with Crippen LogP contribution in [-0.2, 0) is 0 Å². The SMILES string of the molecule is CCCOc1cccnc1NC1(C)CC1. The van der Waals surface area contributed by atoms with Crippen LogP contribution < -0.4 is 10.1 Å². The minimum Gasteiger partial charge on any atom is -0.490 e. The maximum absolute atomic E-state index is 5.63. The number of ether oxygens (including phenoxy) is 1. The summed E-state index contributed by atoms with van der Waals surface area (Å²) in [6.07, 6.45) is 5.26. The van der Waals surface area contributed by atoms with E-state index in [9.17, 15) is 0 Å². The van der Waals surface area contributed by atoms with E-state index < -0.39 is 0 Å². The van der Waals surface area contributed by atoms with E-state index in [2.05, 4.69) is 24.1 Å². The van der Waals surface area contributed by atoms with Crippen LogP contribution in [0.4, 0.5) is 5.82 Å². The van der Waals surface area contributed by atoms with Crippen LogP contribution in [0.3, 0.4) is 0 Å². The van der Waals surface area contributed by atoms with Crippen molar-refractivity contribution in [2.45, 2.75) is 38.6 Å². The Hall–Kier alpha value is -1.25. The van der Waals surface area contributed by atoms with E-state index in [-0.39, 0.29) is 5.54 Å². The van der Waals surface area contributed by atoms with Crippen LogP contribution in [0.5, 0.6) is 5.75 Å². The van der Waals surface area contributed by atoms with Crippen molar-refractivity contribution in [3.63, 3.8) is 0 Å². The number of anilines is 1. The minimum absolute atomic E-state index is 0.249. The number of hydrogen-bond donors (Lipinski definition) is 1. The largest absolute Gasteiger partial charge is 0.490 e. The first-order chi connectivity index (χ1) is 7.23. The first kappa shape index (κ1) is 10.3. The van der Waals surface area contributed by atoms with E-state index in [1.807, 2.05) is 12.1 Å². The molecule has 0 bridgehead atoms. The van der Waals surface area contributed by atoms with Crippen LogP contribution in [0.15, 0.2) is 18.3 Å². The lowest BCUT2D eigenvalue weighted by molar-refractivity contribution is 0.317. The standard InChI is InChI=1S/C12H18N2O/c1-3-9-15-10-5-4-8-13-11(10)14-12(2)6-7-12/h4-5,8H,3,6-7,9H2,1-2H3,(H,13,14). The van der Waals surface area contributed by atoms with E-state index in [4.69, 9.17) is 4.74 Å². The lowest BCUT2D eigenvalue weighted by atomic mass is 10.3. The van der Waals surface area contributed by atoms with Crippen LogP contribution in [0.2, 0.25) is 0 Å². The van der Waals surface area contributed by atoms with E-state index in [0.29, 0.717) is 0 Å². The van der Waals surface area contributed by atoms with Gasteiger partial charge in [0, 0.05) is 11.7 Å². The molecule has 0 atom stereocenters. The van der Waals surface area contributed by atoms with Gasteiger partial charge in [0.2, 0.25) is 0 Å². The zero-order valence-corrected chi connectivity index (χ0v) is 9.42. The Morgan fingerprint density at radius 3 is 3.00 bits per heavy atom. The van der Waals surface area contributed by atoms with Crippen molar-refractivity contribution in [2.24, 2.45) is 0 Å². The summed E-state index contributed by atoms with van der Waals surface area (Å²) in [6, 6.07) is 3.88. The van der Waals surface area contributed by atoms with Gasteiger partial charge in [0.25, 0.3) is 0 Å². The fourth-order valence-electron chi connectivity index (χ4n) is 1.41. The highest BCUT2D eigenvalue weighted by molar-refractivity contribution is 5.52. The van der Waals surface area contributed by atoms with Crippen molar-refractivity contribution in [1.82, 2.24) is 4.98 Å². The van der Waals surface area contributed by atoms with Gasteiger partial charge in [0.15, 0.2) is 11.6 Å². The van der Waals surface area contributed by atoms with Crippen molar-refractivity contribution in [3.05, 3.63) is 18.3 Å². The number of rotatable bonds is 5. The molecule has 0 radical (unpaired) electrons. The summed E-state index contributed by atoms with van der Waals surface area (Å²) in [5.74, 6) is 1.75. The van der Waals surface area contributed by atoms with Gasteiger partial charge in [-0.15, -0.1) is 0 Å². The summed E-state index contributed by atoms with van der Waals surface area (Å²) in [5.41, 5.74) is 0.249. The van der Waals surface area contributed by atoms with Gasteiger partial charge in [-0.25, -0.2) is 4.98 Å². The molecule has 0 saturated heterocycles. The highest BCUT2D eigenvalue weighted by Crippen LogP contribution is 2.39. The maximum Gasteiger partial charge on any atom is 0.169 e. The average molecular weight is 206 g/mol. The summed E-state index contributed by atoms with van der Waals surface area (Å²) in [4.78, 5) is 4.32. The van der Waals surface area contributed by atoms with Crippen molar-refractivity contribution < 1.29 is 4.74 Å². The van der Waals surface area contributed by atoms with Gasteiger partial charge in [0.05, 0.1) is 6.61 Å². The molecule has 3 nitrogen and oxygen atoms in total. The predicted molar refractivity (Wildman–Crippen MR) is 61.3 cm³/mol. The summed E-state index contributed by atoms with van der Waals surface area (Å²) >= 11 is 0. The second-order valence-electron chi connectivity index (χ2n) is 4.38. The molecule has 1 aromatic heterocycles. The Kier molecular flexibility index (Phi) is 2.80. The van der Waals surface area contributed by atoms with Gasteiger partial charge in [-0.2, -0.15) is 0 Å². The number of aromatic nitrogens is 1. The van der Waals surface area contributed by atoms with Crippen molar-refractivity contribution >= 4 is 5.82 Å². The third-order valence-electron chi connectivity index (χ3n) is 2.65. The van der Waals surface area contributed by atoms with Crippen LogP contribution in [0.25, 0.3) is 0 Å². The first-order valence-corrected chi connectivity index (χ1v) is 5.59. The molecule has 2 rings (SSSR count). The van der Waals surface area contributed by atoms with Gasteiger partial charge >= 0.3 is 0 Å². The van der Waals surface area contributed by atoms with Crippen molar-refractivity contribution in [1.29, 1.82) is 0 Å². The molecular weight excluding hydrogens is 188 g/mol. The average Bonchev–Trinajstić information content (AvgIpc) is 2.95. The quantitative estimate of drug-likeness (QED) is 0.804. The molecule has 1 heterocycles. The second kappa shape index (κ2) is 4.09. The van der Waals surface area contributed by atoms with Gasteiger partial charge in [-0.3, -0.25) is 0 Å². The minimum atomic E-state index is 0.249. The molecule has 0 amide bonds. The molecule has 0 aliphatic heterocycles. The summed E-state index contributed by atoms with van der Waals surface area (Å²) in [6.45, 7) is 5.06. The van der Waals surface area contributed by atoms with Crippen LogP contribution in [0, 0.1) is 0 Å². The zero-order valence-electron chi connectivity index (χ0n) is 9.42. The second-order valence-corrected chi connectivity index (χ2v) is 4.38. The smallest absolute Gasteiger partial charge is 0.169 e. The van der Waals surface area contributed by atoms with E-state index in [1.54, 1.807) is 6.20 Å². The number of nitrogens with one attached hydrogen (secondary N) is 1. The molecule has 1 aromatic rings. The Bertz CT molecular complexity index is 334. The van der Waals surface area contributed by atoms with E-state index >= 15 is 0 Å². The number of hydrogen-bond acceptors (Lipinski definition) is 3. The lowest BCUT2D eigenvalue weighted by Gasteiger charge is -2.15. The molecule has 1 saturated carbocycles. The van der Waals surface area contributed by atoms with Crippen LogP contribution in [0.1, 0.15) is 33.1 Å². The molecule has 82 valence electrons. The molecule has 1 aliphatic carbocycles. The molecule has 15 heavy (non-hydrogen) atoms. The third kappa shape index (κ3) is 2.61. The van der Waals surface area contributed by atoms with Crippen LogP contribution >= 0.6 is 0 Å². The van der Waals surface area contributed by atoms with Crippen LogP contribution in [-0.4, -0.2) is 17.1 Å². The van der Waals surface area contributed by atoms with Gasteiger partial charge in [0.1, 0.15) is 0 Å². The summed E-state index contributed by atoms with van der Waals surface area (Å²) in [7, 11) is 0. The first-order valence-electron chi connectivity index (χ1n) is 5.59. The number of nitrogens with zero attached hydrogens (tertiary/aromatic N) is 1. The van der Waals surface area contributed by atoms with Gasteiger partial charge in [-0.1, -0.05) is 6.92 Å². The normalized spacial score (nSPS) is 17.2. The molecule has 1 aliphatic rings. The van der Waals surface area contributed by atoms with Crippen molar-refractivity contribution in [3.8, 4) is 5.75 Å². The Morgan fingerprint density at radius 1 is 1.53 bits per heavy atom. The Morgan fingerprint density at radius 2 is 2.33 bits per heavy atom. The highest BCUT2D eigenvalue weighted by Gasteiger charge is 2.38. The fourth-order valence-corrected chi connectivity index (χ4v) is 1.41. The molecule has 1 N–H and O–H groups in total. The highest BCUT2D eigenvalue weighted by atomic mass is 16.5. The molecule has 1 fully saturated rings. The molecule has 0 unspecified atom stereocenters. The molecule has 0 spiro atoms. The fraction of sp³-hybridized carbons (Fsp3) is 0.583. The van der Waals surface area contributed by atoms with Gasteiger partial charge < -0.3 is 10.1 Å². The molecule has 0 aromatic carbocycles. The number of pyridine rings is 1. The van der Waals surface area contributed by atoms with E-state index in [1.165, 1.54) is 12.8 Å². The Balaban J connectivity index is 2.07. The van der Waals surface area contributed by atoms with Gasteiger partial charge in [-0.05, 0) is 38.3 Å². The molecular formula is C12H18N2O. The maximum atomic E-state index is 5.63. The van der Waals surface area contributed by atoms with E-state index in [0.717, 1.165) is 24.6 Å². The Labute approximate surface area is 90.9 Å². The summed E-state index contributed by atoms with van der Waals surface area (Å²) < 4.78 is 5.63. The zero-order chi connectivity index (χ0) is 10.7. The van der Waals surface area contributed by atoms with Crippen molar-refractivity contribution in [2.75, 3.05) is 11.9 Å². The predicted octanol–water partition coefficient (Wildman–Crippen LogP) is 2.83.